The number of hydrogen-bond donors (Lipinski definition) is 1. The zero-order chi connectivity index (χ0) is 15.4. The van der Waals surface area contributed by atoms with E-state index >= 15 is 0 Å². The van der Waals surface area contributed by atoms with E-state index in [2.05, 4.69) is 24.1 Å². The van der Waals surface area contributed by atoms with Crippen molar-refractivity contribution in [3.63, 3.8) is 0 Å². The molecule has 0 spiro atoms. The van der Waals surface area contributed by atoms with Crippen LogP contribution in [0.2, 0.25) is 0 Å². The minimum absolute atomic E-state index is 0.276. The average Bonchev–Trinajstić information content (AvgIpc) is 2.40. The fourth-order valence-corrected chi connectivity index (χ4v) is 1.94. The molecule has 0 unspecified atom stereocenters. The number of hydrogen-bond acceptors (Lipinski definition) is 3. The maximum Gasteiger partial charge on any atom is 0.219 e. The molecule has 4 heteroatoms. The Kier molecular flexibility index (Phi) is 4.91. The average molecular weight is 288 g/mol. The number of benzene rings is 1. The molecule has 0 bridgehead atoms. The number of nitrogens with zero attached hydrogens (tertiary/aromatic N) is 1. The first-order valence-electron chi connectivity index (χ1n) is 7.09. The van der Waals surface area contributed by atoms with Gasteiger partial charge in [0.15, 0.2) is 0 Å². The first-order valence-corrected chi connectivity index (χ1v) is 7.09. The summed E-state index contributed by atoms with van der Waals surface area (Å²) in [4.78, 5) is 4.34. The number of halogens is 1. The molecule has 0 aliphatic rings. The second-order valence-electron chi connectivity index (χ2n) is 5.50. The van der Waals surface area contributed by atoms with Gasteiger partial charge in [-0.1, -0.05) is 19.9 Å². The van der Waals surface area contributed by atoms with Crippen LogP contribution in [0.4, 0.5) is 4.39 Å². The number of pyridine rings is 1. The Morgan fingerprint density at radius 3 is 2.62 bits per heavy atom. The Labute approximate surface area is 125 Å². The van der Waals surface area contributed by atoms with Crippen molar-refractivity contribution < 1.29 is 9.13 Å². The Morgan fingerprint density at radius 2 is 1.95 bits per heavy atom. The van der Waals surface area contributed by atoms with E-state index in [0.29, 0.717) is 23.2 Å². The van der Waals surface area contributed by atoms with Crippen LogP contribution in [0, 0.1) is 19.7 Å². The Hall–Kier alpha value is -1.94. The van der Waals surface area contributed by atoms with Gasteiger partial charge in [-0.05, 0) is 37.1 Å². The van der Waals surface area contributed by atoms with Gasteiger partial charge in [0.2, 0.25) is 5.88 Å². The monoisotopic (exact) mass is 288 g/mol. The van der Waals surface area contributed by atoms with Gasteiger partial charge < -0.3 is 10.1 Å². The largest absolute Gasteiger partial charge is 0.439 e. The highest BCUT2D eigenvalue weighted by Gasteiger charge is 2.06. The van der Waals surface area contributed by atoms with E-state index in [4.69, 9.17) is 4.74 Å². The summed E-state index contributed by atoms with van der Waals surface area (Å²) in [6, 6.07) is 9.12. The zero-order valence-corrected chi connectivity index (χ0v) is 12.9. The number of ether oxygens (including phenoxy) is 1. The van der Waals surface area contributed by atoms with Crippen molar-refractivity contribution >= 4 is 0 Å². The van der Waals surface area contributed by atoms with Crippen molar-refractivity contribution in [2.45, 2.75) is 40.3 Å². The maximum atomic E-state index is 13.5. The quantitative estimate of drug-likeness (QED) is 0.898. The minimum Gasteiger partial charge on any atom is -0.439 e. The summed E-state index contributed by atoms with van der Waals surface area (Å²) in [6.07, 6.45) is 0. The first-order chi connectivity index (χ1) is 9.94. The summed E-state index contributed by atoms with van der Waals surface area (Å²) < 4.78 is 19.2. The molecule has 0 aliphatic carbocycles. The second-order valence-corrected chi connectivity index (χ2v) is 5.50. The molecular weight excluding hydrogens is 267 g/mol. The number of nitrogens with one attached hydrogen (secondary N) is 1. The Morgan fingerprint density at radius 1 is 1.19 bits per heavy atom. The molecule has 1 aromatic heterocycles. The van der Waals surface area contributed by atoms with Crippen LogP contribution in [0.25, 0.3) is 0 Å². The van der Waals surface area contributed by atoms with Crippen LogP contribution in [0.1, 0.15) is 30.7 Å². The van der Waals surface area contributed by atoms with Crippen molar-refractivity contribution in [2.24, 2.45) is 0 Å². The first kappa shape index (κ1) is 15.4. The highest BCUT2D eigenvalue weighted by molar-refractivity contribution is 5.33. The van der Waals surface area contributed by atoms with Gasteiger partial charge in [0.1, 0.15) is 11.6 Å². The van der Waals surface area contributed by atoms with Crippen LogP contribution in [0.5, 0.6) is 11.6 Å². The predicted molar refractivity (Wildman–Crippen MR) is 82.2 cm³/mol. The highest BCUT2D eigenvalue weighted by atomic mass is 19.1. The molecule has 0 aliphatic heterocycles. The third-order valence-corrected chi connectivity index (χ3v) is 3.07. The summed E-state index contributed by atoms with van der Waals surface area (Å²) in [7, 11) is 0. The van der Waals surface area contributed by atoms with E-state index in [1.54, 1.807) is 19.1 Å². The molecule has 0 fully saturated rings. The fourth-order valence-electron chi connectivity index (χ4n) is 1.94. The molecule has 1 N–H and O–H groups in total. The van der Waals surface area contributed by atoms with E-state index < -0.39 is 0 Å². The van der Waals surface area contributed by atoms with Crippen LogP contribution < -0.4 is 10.1 Å². The van der Waals surface area contributed by atoms with Crippen molar-refractivity contribution in [1.82, 2.24) is 10.3 Å². The van der Waals surface area contributed by atoms with Crippen molar-refractivity contribution in [2.75, 3.05) is 0 Å². The summed E-state index contributed by atoms with van der Waals surface area (Å²) in [5, 5.41) is 3.35. The maximum absolute atomic E-state index is 13.5. The van der Waals surface area contributed by atoms with Crippen molar-refractivity contribution in [1.29, 1.82) is 0 Å². The van der Waals surface area contributed by atoms with Crippen LogP contribution in [0.3, 0.4) is 0 Å². The Balaban J connectivity index is 2.17. The molecule has 0 radical (unpaired) electrons. The number of aryl methyl sites for hydroxylation is 2. The van der Waals surface area contributed by atoms with E-state index in [-0.39, 0.29) is 5.82 Å². The van der Waals surface area contributed by atoms with Crippen LogP contribution in [0.15, 0.2) is 30.3 Å². The summed E-state index contributed by atoms with van der Waals surface area (Å²) >= 11 is 0. The minimum atomic E-state index is -0.276. The van der Waals surface area contributed by atoms with Crippen molar-refractivity contribution in [3.8, 4) is 11.6 Å². The van der Waals surface area contributed by atoms with Gasteiger partial charge in [-0.25, -0.2) is 9.37 Å². The SMILES string of the molecule is Cc1cc(CNC(C)C)cc(Oc2ccc(C)c(F)c2)n1. The molecule has 21 heavy (non-hydrogen) atoms. The standard InChI is InChI=1S/C17H21FN2O/c1-11(2)19-10-14-7-13(4)20-17(8-14)21-15-6-5-12(3)16(18)9-15/h5-9,11,19H,10H2,1-4H3. The third kappa shape index (κ3) is 4.53. The lowest BCUT2D eigenvalue weighted by Gasteiger charge is -2.11. The summed E-state index contributed by atoms with van der Waals surface area (Å²) in [5.74, 6) is 0.666. The fraction of sp³-hybridized carbons (Fsp3) is 0.353. The van der Waals surface area contributed by atoms with Crippen molar-refractivity contribution in [3.05, 3.63) is 53.0 Å². The van der Waals surface area contributed by atoms with E-state index in [9.17, 15) is 4.39 Å². The Bertz CT molecular complexity index is 626. The lowest BCUT2D eigenvalue weighted by Crippen LogP contribution is -2.21. The molecule has 1 heterocycles. The van der Waals surface area contributed by atoms with Gasteiger partial charge in [0, 0.05) is 30.4 Å². The van der Waals surface area contributed by atoms with Gasteiger partial charge in [0.05, 0.1) is 0 Å². The van der Waals surface area contributed by atoms with E-state index in [1.165, 1.54) is 6.07 Å². The highest BCUT2D eigenvalue weighted by Crippen LogP contribution is 2.23. The van der Waals surface area contributed by atoms with E-state index in [0.717, 1.165) is 17.8 Å². The third-order valence-electron chi connectivity index (χ3n) is 3.07. The molecule has 1 aromatic carbocycles. The molecule has 2 rings (SSSR count). The number of aromatic nitrogens is 1. The molecule has 0 atom stereocenters. The molecule has 0 amide bonds. The van der Waals surface area contributed by atoms with E-state index in [1.807, 2.05) is 19.1 Å². The normalized spacial score (nSPS) is 11.0. The van der Waals surface area contributed by atoms with Crippen LogP contribution in [-0.2, 0) is 6.54 Å². The number of rotatable bonds is 5. The molecular formula is C17H21FN2O. The molecule has 0 saturated carbocycles. The molecule has 3 nitrogen and oxygen atoms in total. The lowest BCUT2D eigenvalue weighted by molar-refractivity contribution is 0.454. The second kappa shape index (κ2) is 6.68. The van der Waals surface area contributed by atoms with Crippen LogP contribution >= 0.6 is 0 Å². The van der Waals surface area contributed by atoms with Gasteiger partial charge >= 0.3 is 0 Å². The van der Waals surface area contributed by atoms with Gasteiger partial charge in [-0.2, -0.15) is 0 Å². The van der Waals surface area contributed by atoms with Crippen LogP contribution in [-0.4, -0.2) is 11.0 Å². The predicted octanol–water partition coefficient (Wildman–Crippen LogP) is 4.13. The zero-order valence-electron chi connectivity index (χ0n) is 12.9. The van der Waals surface area contributed by atoms with Gasteiger partial charge in [0.25, 0.3) is 0 Å². The molecule has 2 aromatic rings. The summed E-state index contributed by atoms with van der Waals surface area (Å²) in [5.41, 5.74) is 2.57. The molecule has 112 valence electrons. The van der Waals surface area contributed by atoms with Gasteiger partial charge in [-0.3, -0.25) is 0 Å². The topological polar surface area (TPSA) is 34.1 Å². The molecule has 0 saturated heterocycles. The lowest BCUT2D eigenvalue weighted by atomic mass is 10.2. The van der Waals surface area contributed by atoms with Gasteiger partial charge in [-0.15, -0.1) is 0 Å². The summed E-state index contributed by atoms with van der Waals surface area (Å²) in [6.45, 7) is 8.59. The smallest absolute Gasteiger partial charge is 0.219 e.